The topological polar surface area (TPSA) is 71.2 Å². The zero-order chi connectivity index (χ0) is 13.1. The smallest absolute Gasteiger partial charge is 0.267 e. The Balaban J connectivity index is 2.07. The molecule has 0 radical (unpaired) electrons. The summed E-state index contributed by atoms with van der Waals surface area (Å²) in [5, 5.41) is 4.04. The highest BCUT2D eigenvalue weighted by Crippen LogP contribution is 2.30. The van der Waals surface area contributed by atoms with Crippen LogP contribution in [0.2, 0.25) is 0 Å². The predicted molar refractivity (Wildman–Crippen MR) is 74.9 cm³/mol. The maximum Gasteiger partial charge on any atom is 0.267 e. The van der Waals surface area contributed by atoms with Crippen LogP contribution in [0.4, 0.5) is 10.9 Å². The molecule has 1 fully saturated rings. The van der Waals surface area contributed by atoms with Gasteiger partial charge in [-0.25, -0.2) is 4.98 Å². The third-order valence-electron chi connectivity index (χ3n) is 3.03. The van der Waals surface area contributed by atoms with Crippen molar-refractivity contribution in [3.8, 4) is 0 Å². The highest BCUT2D eigenvalue weighted by Gasteiger charge is 2.22. The summed E-state index contributed by atoms with van der Waals surface area (Å²) in [7, 11) is 1.72. The van der Waals surface area contributed by atoms with E-state index in [9.17, 15) is 4.79 Å². The van der Waals surface area contributed by atoms with Crippen LogP contribution in [0.5, 0.6) is 0 Å². The number of hydrogen-bond donors (Lipinski definition) is 2. The van der Waals surface area contributed by atoms with Gasteiger partial charge in [0.05, 0.1) is 0 Å². The third-order valence-corrected chi connectivity index (χ3v) is 4.02. The second kappa shape index (κ2) is 5.39. The number of nitrogens with two attached hydrogens (primary N) is 1. The molecular formula is C12H18N4OS. The quantitative estimate of drug-likeness (QED) is 0.799. The third kappa shape index (κ3) is 2.64. The Hall–Kier alpha value is -1.56. The second-order valence-electron chi connectivity index (χ2n) is 4.48. The summed E-state index contributed by atoms with van der Waals surface area (Å²) in [6.45, 7) is 4.11. The number of nitrogen functional groups attached to an aromatic ring is 1. The summed E-state index contributed by atoms with van der Waals surface area (Å²) in [4.78, 5) is 18.4. The van der Waals surface area contributed by atoms with E-state index in [-0.39, 0.29) is 5.91 Å². The first kappa shape index (κ1) is 12.9. The zero-order valence-corrected chi connectivity index (χ0v) is 11.3. The minimum Gasteiger partial charge on any atom is -0.382 e. The Morgan fingerprint density at radius 2 is 2.44 bits per heavy atom. The summed E-state index contributed by atoms with van der Waals surface area (Å²) < 4.78 is 0. The van der Waals surface area contributed by atoms with Crippen molar-refractivity contribution < 1.29 is 4.79 Å². The molecule has 1 saturated carbocycles. The lowest BCUT2D eigenvalue weighted by Crippen LogP contribution is -2.27. The van der Waals surface area contributed by atoms with E-state index in [1.807, 2.05) is 0 Å². The standard InChI is InChI=1S/C12H18N4OS/c1-3-7-16(2)11(17)9-10(13)15-12(18-9)14-8-5-4-6-8/h3,8H,1,4-7,13H2,2H3,(H,14,15). The van der Waals surface area contributed by atoms with Gasteiger partial charge in [-0.3, -0.25) is 4.79 Å². The lowest BCUT2D eigenvalue weighted by molar-refractivity contribution is 0.0815. The van der Waals surface area contributed by atoms with Crippen LogP contribution in [-0.4, -0.2) is 35.4 Å². The van der Waals surface area contributed by atoms with Gasteiger partial charge in [0.15, 0.2) is 5.13 Å². The number of nitrogens with one attached hydrogen (secondary N) is 1. The van der Waals surface area contributed by atoms with E-state index in [1.165, 1.54) is 30.6 Å². The first-order valence-corrected chi connectivity index (χ1v) is 6.82. The highest BCUT2D eigenvalue weighted by molar-refractivity contribution is 7.18. The van der Waals surface area contributed by atoms with Gasteiger partial charge in [0.1, 0.15) is 10.7 Å². The lowest BCUT2D eigenvalue weighted by Gasteiger charge is -2.25. The molecule has 1 aliphatic carbocycles. The van der Waals surface area contributed by atoms with Crippen molar-refractivity contribution in [1.82, 2.24) is 9.88 Å². The van der Waals surface area contributed by atoms with E-state index in [4.69, 9.17) is 5.73 Å². The van der Waals surface area contributed by atoms with Crippen molar-refractivity contribution in [3.05, 3.63) is 17.5 Å². The number of rotatable bonds is 5. The SMILES string of the molecule is C=CCN(C)C(=O)c1sc(NC2CCC2)nc1N. The molecule has 98 valence electrons. The summed E-state index contributed by atoms with van der Waals surface area (Å²) in [5.74, 6) is 0.203. The predicted octanol–water partition coefficient (Wildman–Crippen LogP) is 1.95. The van der Waals surface area contributed by atoms with Gasteiger partial charge in [-0.1, -0.05) is 17.4 Å². The summed E-state index contributed by atoms with van der Waals surface area (Å²) in [5.41, 5.74) is 5.80. The second-order valence-corrected chi connectivity index (χ2v) is 5.48. The molecule has 1 aliphatic rings. The fourth-order valence-corrected chi connectivity index (χ4v) is 2.68. The van der Waals surface area contributed by atoms with Gasteiger partial charge in [0.2, 0.25) is 0 Å². The molecule has 2 rings (SSSR count). The molecule has 1 amide bonds. The molecule has 18 heavy (non-hydrogen) atoms. The fraction of sp³-hybridized carbons (Fsp3) is 0.500. The monoisotopic (exact) mass is 266 g/mol. The van der Waals surface area contributed by atoms with Gasteiger partial charge in [-0.05, 0) is 19.3 Å². The van der Waals surface area contributed by atoms with Crippen LogP contribution >= 0.6 is 11.3 Å². The minimum atomic E-state index is -0.105. The van der Waals surface area contributed by atoms with Crippen molar-refractivity contribution in [2.45, 2.75) is 25.3 Å². The van der Waals surface area contributed by atoms with E-state index in [2.05, 4.69) is 16.9 Å². The van der Waals surface area contributed by atoms with Gasteiger partial charge >= 0.3 is 0 Å². The average Bonchev–Trinajstić information content (AvgIpc) is 2.64. The maximum atomic E-state index is 12.1. The van der Waals surface area contributed by atoms with Crippen LogP contribution in [0, 0.1) is 0 Å². The Morgan fingerprint density at radius 1 is 1.72 bits per heavy atom. The van der Waals surface area contributed by atoms with Crippen LogP contribution < -0.4 is 11.1 Å². The number of hydrogen-bond acceptors (Lipinski definition) is 5. The molecule has 1 heterocycles. The van der Waals surface area contributed by atoms with E-state index in [1.54, 1.807) is 18.0 Å². The van der Waals surface area contributed by atoms with E-state index in [0.717, 1.165) is 5.13 Å². The molecule has 0 atom stereocenters. The number of nitrogens with zero attached hydrogens (tertiary/aromatic N) is 2. The molecule has 3 N–H and O–H groups in total. The maximum absolute atomic E-state index is 12.1. The Labute approximate surface area is 111 Å². The molecule has 1 aromatic heterocycles. The van der Waals surface area contributed by atoms with Crippen molar-refractivity contribution >= 4 is 28.2 Å². The van der Waals surface area contributed by atoms with Crippen LogP contribution in [-0.2, 0) is 0 Å². The van der Waals surface area contributed by atoms with Crippen LogP contribution in [0.25, 0.3) is 0 Å². The molecule has 0 unspecified atom stereocenters. The zero-order valence-electron chi connectivity index (χ0n) is 10.5. The van der Waals surface area contributed by atoms with Crippen molar-refractivity contribution in [2.75, 3.05) is 24.6 Å². The van der Waals surface area contributed by atoms with Crippen molar-refractivity contribution in [1.29, 1.82) is 0 Å². The Bertz CT molecular complexity index is 453. The van der Waals surface area contributed by atoms with Crippen LogP contribution in [0.15, 0.2) is 12.7 Å². The number of likely N-dealkylation sites (N-methyl/N-ethyl adjacent to an activating group) is 1. The Kier molecular flexibility index (Phi) is 3.86. The number of carbonyl (C=O) groups excluding carboxylic acids is 1. The number of anilines is 2. The van der Waals surface area contributed by atoms with Crippen molar-refractivity contribution in [2.24, 2.45) is 0 Å². The van der Waals surface area contributed by atoms with E-state index in [0.29, 0.717) is 23.3 Å². The van der Waals surface area contributed by atoms with Gasteiger partial charge in [-0.15, -0.1) is 6.58 Å². The number of carbonyl (C=O) groups is 1. The number of amides is 1. The average molecular weight is 266 g/mol. The highest BCUT2D eigenvalue weighted by atomic mass is 32.1. The van der Waals surface area contributed by atoms with Gasteiger partial charge in [0, 0.05) is 19.6 Å². The molecule has 0 aliphatic heterocycles. The fourth-order valence-electron chi connectivity index (χ4n) is 1.72. The first-order valence-electron chi connectivity index (χ1n) is 6.01. The molecule has 0 aromatic carbocycles. The number of aromatic nitrogens is 1. The Morgan fingerprint density at radius 3 is 3.00 bits per heavy atom. The normalized spacial score (nSPS) is 14.9. The minimum absolute atomic E-state index is 0.105. The largest absolute Gasteiger partial charge is 0.382 e. The molecule has 0 saturated heterocycles. The number of thiazole rings is 1. The van der Waals surface area contributed by atoms with Gasteiger partial charge < -0.3 is 16.0 Å². The van der Waals surface area contributed by atoms with Crippen molar-refractivity contribution in [3.63, 3.8) is 0 Å². The van der Waals surface area contributed by atoms with Crippen LogP contribution in [0.1, 0.15) is 28.9 Å². The van der Waals surface area contributed by atoms with Gasteiger partial charge in [-0.2, -0.15) is 0 Å². The molecule has 6 heteroatoms. The summed E-state index contributed by atoms with van der Waals surface area (Å²) in [6.07, 6.45) is 5.27. The van der Waals surface area contributed by atoms with Gasteiger partial charge in [0.25, 0.3) is 5.91 Å². The molecule has 0 bridgehead atoms. The molecule has 0 spiro atoms. The van der Waals surface area contributed by atoms with Crippen LogP contribution in [0.3, 0.4) is 0 Å². The van der Waals surface area contributed by atoms with E-state index >= 15 is 0 Å². The van der Waals surface area contributed by atoms with E-state index < -0.39 is 0 Å². The molecule has 5 nitrogen and oxygen atoms in total. The first-order chi connectivity index (χ1) is 8.61. The summed E-state index contributed by atoms with van der Waals surface area (Å²) in [6, 6.07) is 0.490. The molecule has 1 aromatic rings. The lowest BCUT2D eigenvalue weighted by atomic mass is 9.93. The summed E-state index contributed by atoms with van der Waals surface area (Å²) >= 11 is 1.33. The molecular weight excluding hydrogens is 248 g/mol.